The Morgan fingerprint density at radius 3 is 2.70 bits per heavy atom. The average molecular weight is 289 g/mol. The summed E-state index contributed by atoms with van der Waals surface area (Å²) in [6.07, 6.45) is 2.33. The number of hydrogen-bond acceptors (Lipinski definition) is 4. The van der Waals surface area contributed by atoms with Crippen LogP contribution in [-0.4, -0.2) is 17.4 Å². The topological polar surface area (TPSA) is 54.0 Å². The molecule has 0 atom stereocenters. The van der Waals surface area contributed by atoms with Gasteiger partial charge in [0.15, 0.2) is 5.13 Å². The Morgan fingerprint density at radius 2 is 2.05 bits per heavy atom. The molecule has 0 unspecified atom stereocenters. The molecule has 1 amide bonds. The zero-order chi connectivity index (χ0) is 14.4. The molecule has 4 nitrogen and oxygen atoms in total. The highest BCUT2D eigenvalue weighted by Crippen LogP contribution is 2.25. The Hall–Kier alpha value is -1.88. The molecular weight excluding hydrogens is 270 g/mol. The maximum Gasteiger partial charge on any atom is 0.221 e. The van der Waals surface area contributed by atoms with Crippen molar-refractivity contribution in [2.24, 2.45) is 0 Å². The zero-order valence-electron chi connectivity index (χ0n) is 11.8. The van der Waals surface area contributed by atoms with E-state index in [0.29, 0.717) is 0 Å². The van der Waals surface area contributed by atoms with Crippen LogP contribution < -0.4 is 10.6 Å². The number of nitrogens with zero attached hydrogens (tertiary/aromatic N) is 1. The predicted molar refractivity (Wildman–Crippen MR) is 85.3 cm³/mol. The van der Waals surface area contributed by atoms with Crippen molar-refractivity contribution in [3.05, 3.63) is 29.6 Å². The van der Waals surface area contributed by atoms with Crippen LogP contribution in [0.1, 0.15) is 26.7 Å². The quantitative estimate of drug-likeness (QED) is 0.791. The minimum atomic E-state index is -0.0613. The van der Waals surface area contributed by atoms with E-state index in [0.717, 1.165) is 35.0 Å². The number of thiazole rings is 1. The molecule has 0 fully saturated rings. The molecule has 0 saturated carbocycles. The van der Waals surface area contributed by atoms with Crippen LogP contribution in [0.5, 0.6) is 0 Å². The third-order valence-electron chi connectivity index (χ3n) is 2.81. The molecule has 0 radical (unpaired) electrons. The van der Waals surface area contributed by atoms with Gasteiger partial charge in [0.2, 0.25) is 5.91 Å². The van der Waals surface area contributed by atoms with Crippen LogP contribution in [0.2, 0.25) is 0 Å². The van der Waals surface area contributed by atoms with Crippen LogP contribution in [0.3, 0.4) is 0 Å². The highest BCUT2D eigenvalue weighted by molar-refractivity contribution is 7.14. The molecule has 2 aromatic rings. The first-order valence-electron chi connectivity index (χ1n) is 6.76. The number of hydrogen-bond donors (Lipinski definition) is 2. The van der Waals surface area contributed by atoms with Crippen molar-refractivity contribution in [2.75, 3.05) is 17.2 Å². The fraction of sp³-hybridized carbons (Fsp3) is 0.333. The third kappa shape index (κ3) is 4.06. The van der Waals surface area contributed by atoms with E-state index in [1.165, 1.54) is 13.3 Å². The van der Waals surface area contributed by atoms with Gasteiger partial charge in [-0.1, -0.05) is 25.5 Å². The van der Waals surface area contributed by atoms with Crippen molar-refractivity contribution in [3.63, 3.8) is 0 Å². The van der Waals surface area contributed by atoms with Crippen LogP contribution in [0, 0.1) is 0 Å². The van der Waals surface area contributed by atoms with Gasteiger partial charge >= 0.3 is 0 Å². The van der Waals surface area contributed by atoms with Crippen LogP contribution in [0.25, 0.3) is 11.3 Å². The lowest BCUT2D eigenvalue weighted by Crippen LogP contribution is -2.05. The maximum atomic E-state index is 11.0. The van der Waals surface area contributed by atoms with Crippen LogP contribution in [0.4, 0.5) is 10.8 Å². The molecular formula is C15H19N3OS. The van der Waals surface area contributed by atoms with E-state index in [1.54, 1.807) is 11.3 Å². The number of amides is 1. The summed E-state index contributed by atoms with van der Waals surface area (Å²) >= 11 is 1.62. The molecule has 2 rings (SSSR count). The van der Waals surface area contributed by atoms with E-state index < -0.39 is 0 Å². The molecule has 0 spiro atoms. The van der Waals surface area contributed by atoms with Gasteiger partial charge in [0.25, 0.3) is 0 Å². The summed E-state index contributed by atoms with van der Waals surface area (Å²) in [6, 6.07) is 7.72. The summed E-state index contributed by atoms with van der Waals surface area (Å²) in [5.74, 6) is -0.0613. The Bertz CT molecular complexity index is 563. The van der Waals surface area contributed by atoms with Crippen molar-refractivity contribution in [2.45, 2.75) is 26.7 Å². The monoisotopic (exact) mass is 289 g/mol. The largest absolute Gasteiger partial charge is 0.362 e. The van der Waals surface area contributed by atoms with Gasteiger partial charge in [-0.2, -0.15) is 0 Å². The molecule has 0 aliphatic heterocycles. The molecule has 2 N–H and O–H groups in total. The minimum absolute atomic E-state index is 0.0613. The summed E-state index contributed by atoms with van der Waals surface area (Å²) in [5.41, 5.74) is 2.82. The lowest BCUT2D eigenvalue weighted by Gasteiger charge is -2.03. The van der Waals surface area contributed by atoms with E-state index in [2.05, 4.69) is 22.5 Å². The number of unbranched alkanes of at least 4 members (excludes halogenated alkanes) is 1. The molecule has 0 saturated heterocycles. The summed E-state index contributed by atoms with van der Waals surface area (Å²) < 4.78 is 0. The van der Waals surface area contributed by atoms with Crippen molar-refractivity contribution in [1.29, 1.82) is 0 Å². The zero-order valence-corrected chi connectivity index (χ0v) is 12.6. The van der Waals surface area contributed by atoms with Crippen molar-refractivity contribution >= 4 is 28.1 Å². The van der Waals surface area contributed by atoms with Gasteiger partial charge in [-0.05, 0) is 18.6 Å². The maximum absolute atomic E-state index is 11.0. The van der Waals surface area contributed by atoms with Crippen LogP contribution in [0.15, 0.2) is 29.6 Å². The molecule has 1 heterocycles. The Kier molecular flexibility index (Phi) is 5.12. The second-order valence-electron chi connectivity index (χ2n) is 4.58. The lowest BCUT2D eigenvalue weighted by atomic mass is 10.1. The molecule has 0 aliphatic rings. The van der Waals surface area contributed by atoms with E-state index in [9.17, 15) is 4.79 Å². The van der Waals surface area contributed by atoms with Crippen molar-refractivity contribution < 1.29 is 4.79 Å². The molecule has 1 aromatic carbocycles. The molecule has 20 heavy (non-hydrogen) atoms. The van der Waals surface area contributed by atoms with E-state index in [1.807, 2.05) is 29.6 Å². The number of carbonyl (C=O) groups is 1. The van der Waals surface area contributed by atoms with Gasteiger partial charge in [0.05, 0.1) is 5.69 Å². The third-order valence-corrected chi connectivity index (χ3v) is 3.61. The summed E-state index contributed by atoms with van der Waals surface area (Å²) in [4.78, 5) is 15.5. The number of rotatable bonds is 6. The number of carbonyl (C=O) groups excluding carboxylic acids is 1. The van der Waals surface area contributed by atoms with Crippen molar-refractivity contribution in [1.82, 2.24) is 4.98 Å². The molecule has 106 valence electrons. The minimum Gasteiger partial charge on any atom is -0.362 e. The van der Waals surface area contributed by atoms with Gasteiger partial charge in [0, 0.05) is 30.1 Å². The fourth-order valence-electron chi connectivity index (χ4n) is 1.79. The number of aromatic nitrogens is 1. The van der Waals surface area contributed by atoms with E-state index >= 15 is 0 Å². The van der Waals surface area contributed by atoms with Gasteiger partial charge in [-0.3, -0.25) is 4.79 Å². The Morgan fingerprint density at radius 1 is 1.30 bits per heavy atom. The molecule has 0 bridgehead atoms. The van der Waals surface area contributed by atoms with Crippen LogP contribution in [-0.2, 0) is 4.79 Å². The second-order valence-corrected chi connectivity index (χ2v) is 5.43. The van der Waals surface area contributed by atoms with Gasteiger partial charge in [0.1, 0.15) is 0 Å². The Balaban J connectivity index is 2.02. The van der Waals surface area contributed by atoms with E-state index in [4.69, 9.17) is 0 Å². The van der Waals surface area contributed by atoms with Gasteiger partial charge in [-0.25, -0.2) is 4.98 Å². The summed E-state index contributed by atoms with van der Waals surface area (Å²) in [6.45, 7) is 4.64. The number of anilines is 2. The normalized spacial score (nSPS) is 10.3. The molecule has 1 aromatic heterocycles. The first-order valence-corrected chi connectivity index (χ1v) is 7.64. The number of benzene rings is 1. The highest BCUT2D eigenvalue weighted by atomic mass is 32.1. The molecule has 5 heteroatoms. The van der Waals surface area contributed by atoms with Crippen LogP contribution >= 0.6 is 11.3 Å². The Labute approximate surface area is 123 Å². The first-order chi connectivity index (χ1) is 9.69. The molecule has 0 aliphatic carbocycles. The van der Waals surface area contributed by atoms with Gasteiger partial charge < -0.3 is 10.6 Å². The standard InChI is InChI=1S/C15H19N3OS/c1-3-4-9-16-15-18-14(10-20-15)12-5-7-13(8-6-12)17-11(2)19/h5-8,10H,3-4,9H2,1-2H3,(H,16,18)(H,17,19). The summed E-state index contributed by atoms with van der Waals surface area (Å²) in [7, 11) is 0. The highest BCUT2D eigenvalue weighted by Gasteiger charge is 2.04. The predicted octanol–water partition coefficient (Wildman–Crippen LogP) is 3.98. The van der Waals surface area contributed by atoms with Gasteiger partial charge in [-0.15, -0.1) is 11.3 Å². The van der Waals surface area contributed by atoms with Crippen molar-refractivity contribution in [3.8, 4) is 11.3 Å². The second kappa shape index (κ2) is 7.05. The average Bonchev–Trinajstić information content (AvgIpc) is 2.88. The SMILES string of the molecule is CCCCNc1nc(-c2ccc(NC(C)=O)cc2)cs1. The lowest BCUT2D eigenvalue weighted by molar-refractivity contribution is -0.114. The van der Waals surface area contributed by atoms with E-state index in [-0.39, 0.29) is 5.91 Å². The number of nitrogens with one attached hydrogen (secondary N) is 2. The smallest absolute Gasteiger partial charge is 0.221 e. The fourth-order valence-corrected chi connectivity index (χ4v) is 2.54. The summed E-state index contributed by atoms with van der Waals surface area (Å²) in [5, 5.41) is 9.08. The first kappa shape index (κ1) is 14.5.